The Balaban J connectivity index is 1.85. The number of benzene rings is 2. The van der Waals surface area contributed by atoms with Crippen LogP contribution in [0.2, 0.25) is 0 Å². The van der Waals surface area contributed by atoms with E-state index in [1.807, 2.05) is 32.9 Å². The Morgan fingerprint density at radius 2 is 1.81 bits per heavy atom. The Kier molecular flexibility index (Phi) is 6.76. The van der Waals surface area contributed by atoms with E-state index in [0.717, 1.165) is 22.4 Å². The van der Waals surface area contributed by atoms with Gasteiger partial charge in [-0.25, -0.2) is 8.42 Å². The molecule has 32 heavy (non-hydrogen) atoms. The van der Waals surface area contributed by atoms with Crippen molar-refractivity contribution in [1.29, 1.82) is 0 Å². The third-order valence-corrected chi connectivity index (χ3v) is 7.45. The molecule has 0 spiro atoms. The summed E-state index contributed by atoms with van der Waals surface area (Å²) < 4.78 is 28.9. The van der Waals surface area contributed by atoms with E-state index < -0.39 is 22.0 Å². The van der Waals surface area contributed by atoms with E-state index >= 15 is 0 Å². The highest BCUT2D eigenvalue weighted by molar-refractivity contribution is 7.89. The Bertz CT molecular complexity index is 1160. The molecule has 7 nitrogen and oxygen atoms in total. The van der Waals surface area contributed by atoms with Crippen LogP contribution in [-0.4, -0.2) is 32.3 Å². The maximum absolute atomic E-state index is 13.2. The molecule has 0 saturated heterocycles. The van der Waals surface area contributed by atoms with E-state index in [2.05, 4.69) is 10.0 Å². The van der Waals surface area contributed by atoms with Crippen LogP contribution in [0.25, 0.3) is 0 Å². The number of aryl methyl sites for hydroxylation is 1. The Morgan fingerprint density at radius 3 is 2.44 bits per heavy atom. The van der Waals surface area contributed by atoms with E-state index in [9.17, 15) is 18.0 Å². The van der Waals surface area contributed by atoms with Gasteiger partial charge in [0.25, 0.3) is 0 Å². The number of carbonyl (C=O) groups excluding carboxylic acids is 2. The first-order valence-corrected chi connectivity index (χ1v) is 12.2. The lowest BCUT2D eigenvalue weighted by Gasteiger charge is -2.23. The van der Waals surface area contributed by atoms with Crippen LogP contribution in [0.4, 0.5) is 11.4 Å². The van der Waals surface area contributed by atoms with Crippen LogP contribution in [0.3, 0.4) is 0 Å². The van der Waals surface area contributed by atoms with Gasteiger partial charge in [-0.15, -0.1) is 0 Å². The van der Waals surface area contributed by atoms with Crippen molar-refractivity contribution in [2.75, 3.05) is 10.2 Å². The maximum atomic E-state index is 13.2. The maximum Gasteiger partial charge on any atom is 0.242 e. The number of nitrogens with zero attached hydrogens (tertiary/aromatic N) is 1. The SMILES string of the molecule is CC(=O)N1c2ccc(S(=O)(=O)N[C@H](C(=O)Nc3cccc(C)c3C)C(C)C)cc2C[C@@H]1C. The van der Waals surface area contributed by atoms with Gasteiger partial charge in [0, 0.05) is 24.3 Å². The summed E-state index contributed by atoms with van der Waals surface area (Å²) >= 11 is 0. The number of sulfonamides is 1. The lowest BCUT2D eigenvalue weighted by molar-refractivity contribution is -0.118. The van der Waals surface area contributed by atoms with Gasteiger partial charge in [-0.2, -0.15) is 4.72 Å². The van der Waals surface area contributed by atoms with Crippen LogP contribution in [-0.2, 0) is 26.0 Å². The monoisotopic (exact) mass is 457 g/mol. The molecule has 0 fully saturated rings. The highest BCUT2D eigenvalue weighted by atomic mass is 32.2. The zero-order valence-electron chi connectivity index (χ0n) is 19.4. The lowest BCUT2D eigenvalue weighted by Crippen LogP contribution is -2.47. The second-order valence-corrected chi connectivity index (χ2v) is 10.5. The summed E-state index contributed by atoms with van der Waals surface area (Å²) in [6, 6.07) is 9.37. The number of hydrogen-bond donors (Lipinski definition) is 2. The van der Waals surface area contributed by atoms with E-state index in [1.165, 1.54) is 13.0 Å². The van der Waals surface area contributed by atoms with Crippen LogP contribution in [0.15, 0.2) is 41.3 Å². The molecule has 1 aliphatic rings. The summed E-state index contributed by atoms with van der Waals surface area (Å²) in [5, 5.41) is 2.86. The van der Waals surface area contributed by atoms with Gasteiger partial charge >= 0.3 is 0 Å². The third-order valence-electron chi connectivity index (χ3n) is 6.01. The van der Waals surface area contributed by atoms with Crippen molar-refractivity contribution in [1.82, 2.24) is 4.72 Å². The standard InChI is InChI=1S/C24H31N3O4S/c1-14(2)23(24(29)25-21-9-7-8-15(3)17(21)5)26-32(30,31)20-10-11-22-19(13-20)12-16(4)27(22)18(6)28/h7-11,13-14,16,23,26H,12H2,1-6H3,(H,25,29)/t16-,23-/m0/s1. The van der Waals surface area contributed by atoms with Crippen LogP contribution >= 0.6 is 0 Å². The predicted octanol–water partition coefficient (Wildman–Crippen LogP) is 3.54. The number of nitrogens with one attached hydrogen (secondary N) is 2. The van der Waals surface area contributed by atoms with Crippen molar-refractivity contribution in [2.24, 2.45) is 5.92 Å². The average Bonchev–Trinajstić information content (AvgIpc) is 3.04. The molecule has 172 valence electrons. The molecule has 2 N–H and O–H groups in total. The highest BCUT2D eigenvalue weighted by Gasteiger charge is 2.32. The quantitative estimate of drug-likeness (QED) is 0.694. The minimum absolute atomic E-state index is 0.0276. The molecule has 0 unspecified atom stereocenters. The molecule has 0 aliphatic carbocycles. The molecule has 2 aromatic rings. The molecule has 2 aromatic carbocycles. The Morgan fingerprint density at radius 1 is 1.12 bits per heavy atom. The summed E-state index contributed by atoms with van der Waals surface area (Å²) in [5.41, 5.74) is 4.18. The van der Waals surface area contributed by atoms with Crippen molar-refractivity contribution >= 4 is 33.2 Å². The molecule has 0 saturated carbocycles. The predicted molar refractivity (Wildman–Crippen MR) is 126 cm³/mol. The summed E-state index contributed by atoms with van der Waals surface area (Å²) in [4.78, 5) is 26.7. The molecule has 2 amide bonds. The summed E-state index contributed by atoms with van der Waals surface area (Å²) in [7, 11) is -3.95. The van der Waals surface area contributed by atoms with Gasteiger partial charge in [-0.1, -0.05) is 26.0 Å². The normalized spacial score (nSPS) is 16.7. The second-order valence-electron chi connectivity index (χ2n) is 8.81. The summed E-state index contributed by atoms with van der Waals surface area (Å²) in [6.45, 7) is 10.9. The van der Waals surface area contributed by atoms with Crippen molar-refractivity contribution in [3.63, 3.8) is 0 Å². The topological polar surface area (TPSA) is 95.6 Å². The average molecular weight is 458 g/mol. The smallest absolute Gasteiger partial charge is 0.242 e. The van der Waals surface area contributed by atoms with Crippen LogP contribution in [0.1, 0.15) is 44.4 Å². The van der Waals surface area contributed by atoms with Crippen LogP contribution in [0, 0.1) is 19.8 Å². The number of carbonyl (C=O) groups is 2. The first-order valence-electron chi connectivity index (χ1n) is 10.7. The van der Waals surface area contributed by atoms with Gasteiger partial charge < -0.3 is 10.2 Å². The molecule has 0 aromatic heterocycles. The molecule has 1 aliphatic heterocycles. The van der Waals surface area contributed by atoms with Gasteiger partial charge in [0.15, 0.2) is 0 Å². The third kappa shape index (κ3) is 4.71. The van der Waals surface area contributed by atoms with E-state index in [1.54, 1.807) is 36.9 Å². The molecular weight excluding hydrogens is 426 g/mol. The largest absolute Gasteiger partial charge is 0.324 e. The van der Waals surface area contributed by atoms with E-state index in [-0.39, 0.29) is 22.8 Å². The molecule has 3 rings (SSSR count). The molecule has 2 atom stereocenters. The molecule has 1 heterocycles. The van der Waals surface area contributed by atoms with Crippen LogP contribution in [0.5, 0.6) is 0 Å². The van der Waals surface area contributed by atoms with Crippen molar-refractivity contribution in [2.45, 2.75) is 64.9 Å². The fourth-order valence-electron chi connectivity index (χ4n) is 4.08. The zero-order valence-corrected chi connectivity index (χ0v) is 20.2. The van der Waals surface area contributed by atoms with Gasteiger partial charge in [-0.3, -0.25) is 9.59 Å². The zero-order chi connectivity index (χ0) is 23.8. The molecule has 8 heteroatoms. The number of fused-ring (bicyclic) bond motifs is 1. The summed E-state index contributed by atoms with van der Waals surface area (Å²) in [6.07, 6.45) is 0.582. The minimum atomic E-state index is -3.95. The molecule has 0 bridgehead atoms. The Labute approximate surface area is 190 Å². The van der Waals surface area contributed by atoms with E-state index in [0.29, 0.717) is 12.1 Å². The summed E-state index contributed by atoms with van der Waals surface area (Å²) in [5.74, 6) is -0.750. The molecule has 0 radical (unpaired) electrons. The van der Waals surface area contributed by atoms with Crippen molar-refractivity contribution < 1.29 is 18.0 Å². The highest BCUT2D eigenvalue weighted by Crippen LogP contribution is 2.34. The first kappa shape index (κ1) is 23.9. The second kappa shape index (κ2) is 9.03. The van der Waals surface area contributed by atoms with Gasteiger partial charge in [0.05, 0.1) is 4.90 Å². The fraction of sp³-hybridized carbons (Fsp3) is 0.417. The molecular formula is C24H31N3O4S. The van der Waals surface area contributed by atoms with Crippen molar-refractivity contribution in [3.05, 3.63) is 53.1 Å². The van der Waals surface area contributed by atoms with Crippen LogP contribution < -0.4 is 14.9 Å². The number of anilines is 2. The lowest BCUT2D eigenvalue weighted by atomic mass is 10.0. The number of amides is 2. The van der Waals surface area contributed by atoms with Gasteiger partial charge in [-0.05, 0) is 74.1 Å². The number of rotatable bonds is 6. The number of hydrogen-bond acceptors (Lipinski definition) is 4. The van der Waals surface area contributed by atoms with E-state index in [4.69, 9.17) is 0 Å². The van der Waals surface area contributed by atoms with Crippen molar-refractivity contribution in [3.8, 4) is 0 Å². The van der Waals surface area contributed by atoms with Gasteiger partial charge in [0.1, 0.15) is 6.04 Å². The fourth-order valence-corrected chi connectivity index (χ4v) is 5.47. The Hall–Kier alpha value is -2.71. The first-order chi connectivity index (χ1) is 14.9. The minimum Gasteiger partial charge on any atom is -0.324 e. The van der Waals surface area contributed by atoms with Gasteiger partial charge in [0.2, 0.25) is 21.8 Å².